The summed E-state index contributed by atoms with van der Waals surface area (Å²) in [6.45, 7) is 0. The molecule has 1 atom stereocenters. The van der Waals surface area contributed by atoms with Crippen LogP contribution in [0.15, 0.2) is 30.3 Å². The van der Waals surface area contributed by atoms with Crippen LogP contribution in [-0.2, 0) is 0 Å². The maximum Gasteiger partial charge on any atom is 0.281 e. The molecule has 0 aliphatic heterocycles. The summed E-state index contributed by atoms with van der Waals surface area (Å²) < 4.78 is 31.7. The Labute approximate surface area is 118 Å². The van der Waals surface area contributed by atoms with Crippen LogP contribution in [0.4, 0.5) is 8.78 Å². The minimum Gasteiger partial charge on any atom is -0.503 e. The van der Waals surface area contributed by atoms with Crippen molar-refractivity contribution in [1.29, 1.82) is 0 Å². The van der Waals surface area contributed by atoms with Crippen LogP contribution >= 0.6 is 11.6 Å². The van der Waals surface area contributed by atoms with E-state index in [1.807, 2.05) is 0 Å². The molecule has 1 aromatic heterocycles. The second kappa shape index (κ2) is 4.56. The Hall–Kier alpha value is -1.95. The topological polar surface area (TPSA) is 55.2 Å². The van der Waals surface area contributed by atoms with E-state index in [0.29, 0.717) is 5.56 Å². The van der Waals surface area contributed by atoms with Gasteiger partial charge in [0, 0.05) is 18.1 Å². The van der Waals surface area contributed by atoms with E-state index >= 15 is 0 Å². The molecule has 0 radical (unpaired) electrons. The van der Waals surface area contributed by atoms with Gasteiger partial charge in [-0.25, -0.2) is 8.78 Å². The fourth-order valence-corrected chi connectivity index (χ4v) is 2.08. The Bertz CT molecular complexity index is 667. The van der Waals surface area contributed by atoms with Gasteiger partial charge in [-0.05, 0) is 6.07 Å². The number of aromatic hydroxyl groups is 1. The molecule has 0 bridgehead atoms. The van der Waals surface area contributed by atoms with Crippen molar-refractivity contribution in [3.05, 3.63) is 41.0 Å². The zero-order chi connectivity index (χ0) is 14.3. The number of rotatable bonds is 3. The second-order valence-corrected chi connectivity index (χ2v) is 4.90. The molecule has 7 heteroatoms. The van der Waals surface area contributed by atoms with Gasteiger partial charge in [0.1, 0.15) is 5.75 Å². The van der Waals surface area contributed by atoms with Crippen molar-refractivity contribution in [2.75, 3.05) is 0 Å². The molecule has 4 nitrogen and oxygen atoms in total. The van der Waals surface area contributed by atoms with Crippen LogP contribution in [0.1, 0.15) is 17.9 Å². The molecule has 104 valence electrons. The molecule has 1 saturated carbocycles. The third-order valence-corrected chi connectivity index (χ3v) is 3.22. The molecule has 0 saturated heterocycles. The molecule has 20 heavy (non-hydrogen) atoms. The van der Waals surface area contributed by atoms with Gasteiger partial charge in [-0.15, -0.1) is 10.2 Å². The first-order valence-electron chi connectivity index (χ1n) is 5.84. The number of hydrogen-bond acceptors (Lipinski definition) is 4. The Morgan fingerprint density at radius 1 is 1.30 bits per heavy atom. The molecular weight excluding hydrogens is 290 g/mol. The largest absolute Gasteiger partial charge is 0.503 e. The maximum atomic E-state index is 13.2. The first-order chi connectivity index (χ1) is 9.47. The van der Waals surface area contributed by atoms with Gasteiger partial charge in [0.2, 0.25) is 0 Å². The Morgan fingerprint density at radius 3 is 2.65 bits per heavy atom. The molecule has 1 aliphatic rings. The molecule has 0 spiro atoms. The van der Waals surface area contributed by atoms with Gasteiger partial charge in [-0.2, -0.15) is 0 Å². The van der Waals surface area contributed by atoms with Gasteiger partial charge in [-0.3, -0.25) is 0 Å². The van der Waals surface area contributed by atoms with E-state index in [2.05, 4.69) is 10.2 Å². The van der Waals surface area contributed by atoms with Crippen LogP contribution in [0, 0.1) is 0 Å². The molecule has 3 rings (SSSR count). The molecule has 1 aromatic carbocycles. The van der Waals surface area contributed by atoms with Gasteiger partial charge in [0.15, 0.2) is 10.9 Å². The van der Waals surface area contributed by atoms with Crippen LogP contribution in [0.3, 0.4) is 0 Å². The summed E-state index contributed by atoms with van der Waals surface area (Å²) in [4.78, 5) is 0. The molecule has 0 amide bonds. The summed E-state index contributed by atoms with van der Waals surface area (Å²) in [6, 6.07) is 7.59. The van der Waals surface area contributed by atoms with Gasteiger partial charge in [0.05, 0.1) is 5.92 Å². The standard InChI is InChI=1S/C13H9ClF2N2O2/c14-11-5-9(19)12(18-17-11)20-10-4-2-1-3-7(10)8-6-13(8,15)16/h1-5,8H,6H2,(H,17,19). The van der Waals surface area contributed by atoms with Gasteiger partial charge in [-0.1, -0.05) is 29.8 Å². The van der Waals surface area contributed by atoms with E-state index in [-0.39, 0.29) is 29.0 Å². The highest BCUT2D eigenvalue weighted by Gasteiger charge is 2.58. The van der Waals surface area contributed by atoms with E-state index in [1.54, 1.807) is 24.3 Å². The highest BCUT2D eigenvalue weighted by Crippen LogP contribution is 2.57. The van der Waals surface area contributed by atoms with E-state index in [9.17, 15) is 13.9 Å². The fraction of sp³-hybridized carbons (Fsp3) is 0.231. The summed E-state index contributed by atoms with van der Waals surface area (Å²) in [5.41, 5.74) is 0.383. The highest BCUT2D eigenvalue weighted by atomic mass is 35.5. The first-order valence-corrected chi connectivity index (χ1v) is 6.22. The average molecular weight is 299 g/mol. The van der Waals surface area contributed by atoms with Gasteiger partial charge in [0.25, 0.3) is 11.8 Å². The molecular formula is C13H9ClF2N2O2. The predicted octanol–water partition coefficient (Wildman–Crippen LogP) is 3.75. The van der Waals surface area contributed by atoms with Crippen LogP contribution in [0.5, 0.6) is 17.4 Å². The zero-order valence-corrected chi connectivity index (χ0v) is 10.8. The first kappa shape index (κ1) is 13.1. The van der Waals surface area contributed by atoms with Crippen LogP contribution in [0.25, 0.3) is 0 Å². The fourth-order valence-electron chi connectivity index (χ4n) is 1.94. The quantitative estimate of drug-likeness (QED) is 0.937. The van der Waals surface area contributed by atoms with Crippen LogP contribution in [0.2, 0.25) is 5.15 Å². The maximum absolute atomic E-state index is 13.2. The number of alkyl halides is 2. The SMILES string of the molecule is Oc1cc(Cl)nnc1Oc1ccccc1C1CC1(F)F. The molecule has 1 N–H and O–H groups in total. The number of hydrogen-bond donors (Lipinski definition) is 1. The van der Waals surface area contributed by atoms with Crippen molar-refractivity contribution in [2.45, 2.75) is 18.3 Å². The number of ether oxygens (including phenoxy) is 1. The molecule has 1 aliphatic carbocycles. The van der Waals surface area contributed by atoms with Gasteiger partial charge >= 0.3 is 0 Å². The predicted molar refractivity (Wildman–Crippen MR) is 67.5 cm³/mol. The number of para-hydroxylation sites is 1. The van der Waals surface area contributed by atoms with E-state index < -0.39 is 11.8 Å². The van der Waals surface area contributed by atoms with Crippen molar-refractivity contribution in [2.24, 2.45) is 0 Å². The average Bonchev–Trinajstić information content (AvgIpc) is 3.02. The van der Waals surface area contributed by atoms with E-state index in [4.69, 9.17) is 16.3 Å². The summed E-state index contributed by atoms with van der Waals surface area (Å²) in [6.07, 6.45) is -0.203. The number of aromatic nitrogens is 2. The third-order valence-electron chi connectivity index (χ3n) is 3.04. The normalized spacial score (nSPS) is 19.6. The number of nitrogens with zero attached hydrogens (tertiary/aromatic N) is 2. The molecule has 2 aromatic rings. The lowest BCUT2D eigenvalue weighted by atomic mass is 10.1. The van der Waals surface area contributed by atoms with Crippen molar-refractivity contribution >= 4 is 11.6 Å². The summed E-state index contributed by atoms with van der Waals surface area (Å²) in [5.74, 6) is -3.82. The van der Waals surface area contributed by atoms with Gasteiger partial charge < -0.3 is 9.84 Å². The number of halogens is 3. The van der Waals surface area contributed by atoms with Crippen molar-refractivity contribution in [3.8, 4) is 17.4 Å². The lowest BCUT2D eigenvalue weighted by Crippen LogP contribution is -1.98. The Kier molecular flexibility index (Phi) is 2.97. The molecule has 1 unspecified atom stereocenters. The lowest BCUT2D eigenvalue weighted by molar-refractivity contribution is 0.111. The van der Waals surface area contributed by atoms with E-state index in [1.165, 1.54) is 0 Å². The highest BCUT2D eigenvalue weighted by molar-refractivity contribution is 6.29. The molecule has 1 fully saturated rings. The third kappa shape index (κ3) is 2.38. The minimum atomic E-state index is -2.70. The minimum absolute atomic E-state index is 0.0110. The Morgan fingerprint density at radius 2 is 2.00 bits per heavy atom. The smallest absolute Gasteiger partial charge is 0.281 e. The van der Waals surface area contributed by atoms with Crippen LogP contribution < -0.4 is 4.74 Å². The summed E-state index contributed by atoms with van der Waals surface area (Å²) >= 11 is 5.56. The zero-order valence-electron chi connectivity index (χ0n) is 10.1. The number of benzene rings is 1. The second-order valence-electron chi connectivity index (χ2n) is 4.52. The van der Waals surface area contributed by atoms with Crippen LogP contribution in [-0.4, -0.2) is 21.2 Å². The monoisotopic (exact) mass is 298 g/mol. The van der Waals surface area contributed by atoms with Crippen molar-refractivity contribution < 1.29 is 18.6 Å². The van der Waals surface area contributed by atoms with E-state index in [0.717, 1.165) is 6.07 Å². The summed E-state index contributed by atoms with van der Waals surface area (Å²) in [7, 11) is 0. The van der Waals surface area contributed by atoms with Crippen molar-refractivity contribution in [3.63, 3.8) is 0 Å². The lowest BCUT2D eigenvalue weighted by Gasteiger charge is -2.10. The summed E-state index contributed by atoms with van der Waals surface area (Å²) in [5, 5.41) is 16.8. The Balaban J connectivity index is 1.91. The van der Waals surface area contributed by atoms with Crippen molar-refractivity contribution in [1.82, 2.24) is 10.2 Å². The molecule has 1 heterocycles.